The van der Waals surface area contributed by atoms with Crippen LogP contribution in [0.15, 0.2) is 70.9 Å². The molecule has 122 valence electrons. The first-order valence-electron chi connectivity index (χ1n) is 7.94. The first-order valence-corrected chi connectivity index (χ1v) is 7.94. The largest absolute Gasteiger partial charge is 0.295 e. The number of ketones is 2. The summed E-state index contributed by atoms with van der Waals surface area (Å²) in [6.07, 6.45) is 16.3. The SMILES string of the molecule is CC(=O)C(C)=CC=CC=CC=CC(C)=CC1=C(C)C(=O)C(C)C1. The molecule has 0 aromatic rings. The fraction of sp³-hybridized carbons (Fsp3) is 0.333. The van der Waals surface area contributed by atoms with Crippen molar-refractivity contribution in [3.05, 3.63) is 70.9 Å². The van der Waals surface area contributed by atoms with E-state index in [2.05, 4.69) is 6.08 Å². The third-order valence-electron chi connectivity index (χ3n) is 3.93. The fourth-order valence-electron chi connectivity index (χ4n) is 2.31. The quantitative estimate of drug-likeness (QED) is 0.507. The zero-order valence-electron chi connectivity index (χ0n) is 14.7. The summed E-state index contributed by atoms with van der Waals surface area (Å²) < 4.78 is 0. The summed E-state index contributed by atoms with van der Waals surface area (Å²) in [5.74, 6) is 0.477. The lowest BCUT2D eigenvalue weighted by Crippen LogP contribution is -2.03. The van der Waals surface area contributed by atoms with Gasteiger partial charge >= 0.3 is 0 Å². The summed E-state index contributed by atoms with van der Waals surface area (Å²) in [6.45, 7) is 9.29. The normalized spacial score (nSPS) is 20.7. The molecule has 0 N–H and O–H groups in total. The van der Waals surface area contributed by atoms with E-state index < -0.39 is 0 Å². The monoisotopic (exact) mass is 310 g/mol. The molecule has 23 heavy (non-hydrogen) atoms. The molecule has 2 nitrogen and oxygen atoms in total. The van der Waals surface area contributed by atoms with Gasteiger partial charge < -0.3 is 0 Å². The van der Waals surface area contributed by atoms with Crippen LogP contribution in [0.4, 0.5) is 0 Å². The Morgan fingerprint density at radius 2 is 1.65 bits per heavy atom. The zero-order chi connectivity index (χ0) is 17.4. The predicted octanol–water partition coefficient (Wildman–Crippen LogP) is 5.06. The van der Waals surface area contributed by atoms with Crippen LogP contribution in [0.1, 0.15) is 41.0 Å². The Bertz CT molecular complexity index is 649. The minimum absolute atomic E-state index is 0.0867. The van der Waals surface area contributed by atoms with Gasteiger partial charge in [0.05, 0.1) is 0 Å². The van der Waals surface area contributed by atoms with Gasteiger partial charge in [0.2, 0.25) is 0 Å². The van der Waals surface area contributed by atoms with Crippen LogP contribution < -0.4 is 0 Å². The molecular formula is C21H26O2. The van der Waals surface area contributed by atoms with E-state index >= 15 is 0 Å². The first kappa shape index (κ1) is 18.8. The molecule has 1 unspecified atom stereocenters. The third kappa shape index (κ3) is 6.19. The van der Waals surface area contributed by atoms with Crippen molar-refractivity contribution < 1.29 is 9.59 Å². The maximum absolute atomic E-state index is 11.8. The summed E-state index contributed by atoms with van der Waals surface area (Å²) in [5, 5.41) is 0. The maximum Gasteiger partial charge on any atom is 0.161 e. The maximum atomic E-state index is 11.8. The molecule has 0 fully saturated rings. The molecule has 0 bridgehead atoms. The van der Waals surface area contributed by atoms with Crippen LogP contribution in [0.2, 0.25) is 0 Å². The van der Waals surface area contributed by atoms with Crippen molar-refractivity contribution in [3.8, 4) is 0 Å². The molecule has 1 aliphatic carbocycles. The summed E-state index contributed by atoms with van der Waals surface area (Å²) in [6, 6.07) is 0. The van der Waals surface area contributed by atoms with E-state index in [0.717, 1.165) is 28.7 Å². The Morgan fingerprint density at radius 1 is 1.04 bits per heavy atom. The third-order valence-corrected chi connectivity index (χ3v) is 3.93. The minimum Gasteiger partial charge on any atom is -0.295 e. The lowest BCUT2D eigenvalue weighted by Gasteiger charge is -1.97. The Balaban J connectivity index is 2.58. The van der Waals surface area contributed by atoms with Gasteiger partial charge in [-0.05, 0) is 50.8 Å². The van der Waals surface area contributed by atoms with Gasteiger partial charge in [0.1, 0.15) is 0 Å². The molecule has 0 saturated heterocycles. The Morgan fingerprint density at radius 3 is 2.22 bits per heavy atom. The van der Waals surface area contributed by atoms with Crippen LogP contribution in [0.3, 0.4) is 0 Å². The van der Waals surface area contributed by atoms with Crippen LogP contribution in [0, 0.1) is 5.92 Å². The second-order valence-corrected chi connectivity index (χ2v) is 6.04. The first-order chi connectivity index (χ1) is 10.8. The van der Waals surface area contributed by atoms with Gasteiger partial charge in [-0.3, -0.25) is 9.59 Å². The van der Waals surface area contributed by atoms with E-state index in [1.807, 2.05) is 57.2 Å². The van der Waals surface area contributed by atoms with Crippen LogP contribution in [0.5, 0.6) is 0 Å². The molecule has 0 spiro atoms. The lowest BCUT2D eigenvalue weighted by atomic mass is 10.1. The predicted molar refractivity (Wildman–Crippen MR) is 97.1 cm³/mol. The van der Waals surface area contributed by atoms with E-state index in [-0.39, 0.29) is 17.5 Å². The van der Waals surface area contributed by atoms with Gasteiger partial charge in [0, 0.05) is 5.92 Å². The van der Waals surface area contributed by atoms with Crippen molar-refractivity contribution in [2.24, 2.45) is 5.92 Å². The number of carbonyl (C=O) groups is 2. The number of allylic oxidation sites excluding steroid dienone is 12. The standard InChI is InChI=1S/C21H26O2/c1-15(13-20-14-17(3)21(23)18(20)4)11-9-7-6-8-10-12-16(2)19(5)22/h6-13,17H,14H2,1-5H3. The molecule has 0 aromatic heterocycles. The number of hydrogen-bond donors (Lipinski definition) is 0. The van der Waals surface area contributed by atoms with Crippen LogP contribution in [-0.2, 0) is 9.59 Å². The zero-order valence-corrected chi connectivity index (χ0v) is 14.7. The summed E-state index contributed by atoms with van der Waals surface area (Å²) >= 11 is 0. The van der Waals surface area contributed by atoms with Gasteiger partial charge in [-0.15, -0.1) is 0 Å². The number of hydrogen-bond acceptors (Lipinski definition) is 2. The second-order valence-electron chi connectivity index (χ2n) is 6.04. The van der Waals surface area contributed by atoms with E-state index in [1.54, 1.807) is 19.9 Å². The Hall–Kier alpha value is -2.22. The van der Waals surface area contributed by atoms with Crippen molar-refractivity contribution in [2.45, 2.75) is 41.0 Å². The van der Waals surface area contributed by atoms with Gasteiger partial charge in [0.15, 0.2) is 11.6 Å². The highest BCUT2D eigenvalue weighted by Gasteiger charge is 2.25. The molecule has 0 aliphatic heterocycles. The number of carbonyl (C=O) groups excluding carboxylic acids is 2. The van der Waals surface area contributed by atoms with Crippen LogP contribution in [0.25, 0.3) is 0 Å². The van der Waals surface area contributed by atoms with Crippen molar-refractivity contribution in [2.75, 3.05) is 0 Å². The van der Waals surface area contributed by atoms with E-state index in [0.29, 0.717) is 0 Å². The molecule has 0 saturated carbocycles. The lowest BCUT2D eigenvalue weighted by molar-refractivity contribution is -0.117. The smallest absolute Gasteiger partial charge is 0.161 e. The Labute approximate surface area is 139 Å². The molecule has 0 radical (unpaired) electrons. The highest BCUT2D eigenvalue weighted by Crippen LogP contribution is 2.29. The highest BCUT2D eigenvalue weighted by molar-refractivity contribution is 6.00. The van der Waals surface area contributed by atoms with E-state index in [1.165, 1.54) is 0 Å². The van der Waals surface area contributed by atoms with Crippen molar-refractivity contribution in [1.29, 1.82) is 0 Å². The van der Waals surface area contributed by atoms with Gasteiger partial charge in [0.25, 0.3) is 0 Å². The average Bonchev–Trinajstić information content (AvgIpc) is 2.73. The highest BCUT2D eigenvalue weighted by atomic mass is 16.1. The molecule has 0 heterocycles. The molecule has 0 aromatic carbocycles. The molecular weight excluding hydrogens is 284 g/mol. The van der Waals surface area contributed by atoms with Gasteiger partial charge in [-0.2, -0.15) is 0 Å². The Kier molecular flexibility index (Phi) is 7.40. The fourth-order valence-corrected chi connectivity index (χ4v) is 2.31. The molecule has 1 rings (SSSR count). The average molecular weight is 310 g/mol. The van der Waals surface area contributed by atoms with Crippen molar-refractivity contribution >= 4 is 11.6 Å². The summed E-state index contributed by atoms with van der Waals surface area (Å²) in [5.41, 5.74) is 3.92. The number of rotatable bonds is 6. The van der Waals surface area contributed by atoms with E-state index in [9.17, 15) is 9.59 Å². The molecule has 0 amide bonds. The van der Waals surface area contributed by atoms with Gasteiger partial charge in [-0.25, -0.2) is 0 Å². The molecule has 1 atom stereocenters. The summed E-state index contributed by atoms with van der Waals surface area (Å²) in [4.78, 5) is 22.8. The topological polar surface area (TPSA) is 34.1 Å². The van der Waals surface area contributed by atoms with Crippen LogP contribution in [-0.4, -0.2) is 11.6 Å². The molecule has 2 heteroatoms. The van der Waals surface area contributed by atoms with Gasteiger partial charge in [-0.1, -0.05) is 61.1 Å². The van der Waals surface area contributed by atoms with Crippen LogP contribution >= 0.6 is 0 Å². The molecule has 1 aliphatic rings. The van der Waals surface area contributed by atoms with Crippen molar-refractivity contribution in [3.63, 3.8) is 0 Å². The second kappa shape index (κ2) is 9.04. The van der Waals surface area contributed by atoms with E-state index in [4.69, 9.17) is 0 Å². The number of Topliss-reactive ketones (excluding diaryl/α,β-unsaturated/α-hetero) is 2. The van der Waals surface area contributed by atoms with Crippen molar-refractivity contribution in [1.82, 2.24) is 0 Å². The summed E-state index contributed by atoms with van der Waals surface area (Å²) in [7, 11) is 0. The minimum atomic E-state index is 0.0867.